The normalized spacial score (nSPS) is 11.3. The molecule has 2 aromatic rings. The van der Waals surface area contributed by atoms with Crippen LogP contribution < -0.4 is 14.2 Å². The summed E-state index contributed by atoms with van der Waals surface area (Å²) in [7, 11) is -2.18. The van der Waals surface area contributed by atoms with Gasteiger partial charge in [0.05, 0.1) is 17.0 Å². The summed E-state index contributed by atoms with van der Waals surface area (Å²) in [5, 5.41) is 0.243. The van der Waals surface area contributed by atoms with Gasteiger partial charge in [-0.3, -0.25) is 0 Å². The average Bonchev–Trinajstić information content (AvgIpc) is 2.55. The van der Waals surface area contributed by atoms with Gasteiger partial charge in [0, 0.05) is 6.54 Å². The highest BCUT2D eigenvalue weighted by molar-refractivity contribution is 7.89. The minimum absolute atomic E-state index is 0.0834. The zero-order valence-corrected chi connectivity index (χ0v) is 15.4. The van der Waals surface area contributed by atoms with Gasteiger partial charge in [-0.2, -0.15) is 0 Å². The predicted octanol–water partition coefficient (Wildman–Crippen LogP) is 3.32. The van der Waals surface area contributed by atoms with Crippen LogP contribution in [0.5, 0.6) is 11.5 Å². The third-order valence-electron chi connectivity index (χ3n) is 3.64. The molecular weight excluding hydrogens is 350 g/mol. The number of hydrogen-bond acceptors (Lipinski definition) is 4. The summed E-state index contributed by atoms with van der Waals surface area (Å²) in [5.74, 6) is 1.18. The van der Waals surface area contributed by atoms with Crippen LogP contribution >= 0.6 is 11.6 Å². The summed E-state index contributed by atoms with van der Waals surface area (Å²) in [6.45, 7) is 4.35. The highest BCUT2D eigenvalue weighted by Gasteiger charge is 2.15. The molecule has 0 radical (unpaired) electrons. The van der Waals surface area contributed by atoms with E-state index < -0.39 is 10.0 Å². The number of halogens is 1. The Hall–Kier alpha value is -1.76. The number of sulfonamides is 1. The van der Waals surface area contributed by atoms with Gasteiger partial charge >= 0.3 is 0 Å². The molecule has 0 aromatic heterocycles. The van der Waals surface area contributed by atoms with Gasteiger partial charge in [-0.15, -0.1) is 0 Å². The molecule has 7 heteroatoms. The molecule has 0 unspecified atom stereocenters. The van der Waals surface area contributed by atoms with E-state index in [1.165, 1.54) is 25.3 Å². The smallest absolute Gasteiger partial charge is 0.240 e. The lowest BCUT2D eigenvalue weighted by molar-refractivity contribution is 0.320. The second kappa shape index (κ2) is 7.88. The lowest BCUT2D eigenvalue weighted by Crippen LogP contribution is -2.28. The van der Waals surface area contributed by atoms with Crippen molar-refractivity contribution in [3.63, 3.8) is 0 Å². The van der Waals surface area contributed by atoms with Gasteiger partial charge in [-0.05, 0) is 49.2 Å². The van der Waals surface area contributed by atoms with Crippen LogP contribution in [0.2, 0.25) is 5.02 Å². The Morgan fingerprint density at radius 3 is 2.54 bits per heavy atom. The van der Waals surface area contributed by atoms with Crippen LogP contribution in [-0.4, -0.2) is 28.7 Å². The van der Waals surface area contributed by atoms with E-state index in [9.17, 15) is 8.42 Å². The van der Waals surface area contributed by atoms with Gasteiger partial charge in [0.1, 0.15) is 18.1 Å². The van der Waals surface area contributed by atoms with Crippen LogP contribution in [0.25, 0.3) is 0 Å². The van der Waals surface area contributed by atoms with E-state index in [2.05, 4.69) is 4.72 Å². The number of nitrogens with one attached hydrogen (secondary N) is 1. The Morgan fingerprint density at radius 2 is 1.88 bits per heavy atom. The summed E-state index contributed by atoms with van der Waals surface area (Å²) in [6.07, 6.45) is 0. The topological polar surface area (TPSA) is 64.6 Å². The molecule has 2 aromatic carbocycles. The van der Waals surface area contributed by atoms with Gasteiger partial charge < -0.3 is 9.47 Å². The molecule has 0 amide bonds. The van der Waals surface area contributed by atoms with Crippen molar-refractivity contribution < 1.29 is 17.9 Å². The van der Waals surface area contributed by atoms with Crippen LogP contribution in [0.3, 0.4) is 0 Å². The molecular formula is C17H20ClNO4S. The standard InChI is InChI=1S/C17H20ClNO4S/c1-12-5-4-6-16(13(12)2)23-10-9-19-24(20,21)14-7-8-17(22-3)15(18)11-14/h4-8,11,19H,9-10H2,1-3H3. The Labute approximate surface area is 147 Å². The third kappa shape index (κ3) is 4.41. The van der Waals surface area contributed by atoms with Gasteiger partial charge in [-0.25, -0.2) is 13.1 Å². The van der Waals surface area contributed by atoms with E-state index in [-0.39, 0.29) is 23.1 Å². The molecule has 2 rings (SSSR count). The Balaban J connectivity index is 1.96. The monoisotopic (exact) mass is 369 g/mol. The molecule has 24 heavy (non-hydrogen) atoms. The molecule has 0 aliphatic rings. The van der Waals surface area contributed by atoms with Crippen molar-refractivity contribution in [2.45, 2.75) is 18.7 Å². The zero-order chi connectivity index (χ0) is 17.7. The van der Waals surface area contributed by atoms with E-state index in [1.54, 1.807) is 0 Å². The Morgan fingerprint density at radius 1 is 1.12 bits per heavy atom. The lowest BCUT2D eigenvalue weighted by atomic mass is 10.1. The highest BCUT2D eigenvalue weighted by atomic mass is 35.5. The first-order valence-corrected chi connectivity index (χ1v) is 9.23. The van der Waals surface area contributed by atoms with Crippen LogP contribution in [0.4, 0.5) is 0 Å². The number of ether oxygens (including phenoxy) is 2. The first-order chi connectivity index (χ1) is 11.3. The SMILES string of the molecule is COc1ccc(S(=O)(=O)NCCOc2cccc(C)c2C)cc1Cl. The van der Waals surface area contributed by atoms with Crippen LogP contribution in [-0.2, 0) is 10.0 Å². The van der Waals surface area contributed by atoms with Crippen molar-refractivity contribution in [1.29, 1.82) is 0 Å². The second-order valence-corrected chi connectivity index (χ2v) is 7.41. The van der Waals surface area contributed by atoms with E-state index in [4.69, 9.17) is 21.1 Å². The molecule has 1 N–H and O–H groups in total. The summed E-state index contributed by atoms with van der Waals surface area (Å²) in [4.78, 5) is 0.0834. The Bertz CT molecular complexity index is 821. The molecule has 0 fully saturated rings. The van der Waals surface area contributed by atoms with E-state index in [0.717, 1.165) is 16.9 Å². The fraction of sp³-hybridized carbons (Fsp3) is 0.294. The molecule has 0 saturated heterocycles. The fourth-order valence-electron chi connectivity index (χ4n) is 2.12. The highest BCUT2D eigenvalue weighted by Crippen LogP contribution is 2.26. The first-order valence-electron chi connectivity index (χ1n) is 7.37. The molecule has 0 bridgehead atoms. The van der Waals surface area contributed by atoms with Crippen LogP contribution in [0, 0.1) is 13.8 Å². The number of methoxy groups -OCH3 is 1. The predicted molar refractivity (Wildman–Crippen MR) is 94.6 cm³/mol. The van der Waals surface area contributed by atoms with E-state index >= 15 is 0 Å². The van der Waals surface area contributed by atoms with Gasteiger partial charge in [0.15, 0.2) is 0 Å². The number of rotatable bonds is 7. The molecule has 5 nitrogen and oxygen atoms in total. The quantitative estimate of drug-likeness (QED) is 0.760. The lowest BCUT2D eigenvalue weighted by Gasteiger charge is -2.12. The van der Waals surface area contributed by atoms with Crippen molar-refractivity contribution >= 4 is 21.6 Å². The zero-order valence-electron chi connectivity index (χ0n) is 13.8. The van der Waals surface area contributed by atoms with Crippen molar-refractivity contribution in [1.82, 2.24) is 4.72 Å². The summed E-state index contributed by atoms with van der Waals surface area (Å²) < 4.78 is 37.6. The molecule has 130 valence electrons. The summed E-state index contributed by atoms with van der Waals surface area (Å²) >= 11 is 5.97. The van der Waals surface area contributed by atoms with Gasteiger partial charge in [0.25, 0.3) is 0 Å². The second-order valence-electron chi connectivity index (χ2n) is 5.24. The minimum atomic E-state index is -3.65. The molecule has 0 atom stereocenters. The maximum Gasteiger partial charge on any atom is 0.240 e. The minimum Gasteiger partial charge on any atom is -0.495 e. The van der Waals surface area contributed by atoms with Crippen LogP contribution in [0.15, 0.2) is 41.3 Å². The Kier molecular flexibility index (Phi) is 6.10. The molecule has 0 aliphatic carbocycles. The molecule has 0 spiro atoms. The molecule has 0 saturated carbocycles. The molecule has 0 aliphatic heterocycles. The van der Waals surface area contributed by atoms with Gasteiger partial charge in [0.2, 0.25) is 10.0 Å². The van der Waals surface area contributed by atoms with Gasteiger partial charge in [-0.1, -0.05) is 23.7 Å². The number of aryl methyl sites for hydroxylation is 1. The largest absolute Gasteiger partial charge is 0.495 e. The van der Waals surface area contributed by atoms with Crippen molar-refractivity contribution in [2.75, 3.05) is 20.3 Å². The summed E-state index contributed by atoms with van der Waals surface area (Å²) in [6, 6.07) is 10.1. The first kappa shape index (κ1) is 18.6. The van der Waals surface area contributed by atoms with Crippen molar-refractivity contribution in [3.8, 4) is 11.5 Å². The molecule has 0 heterocycles. The maximum absolute atomic E-state index is 12.3. The maximum atomic E-state index is 12.3. The fourth-order valence-corrected chi connectivity index (χ4v) is 3.48. The van der Waals surface area contributed by atoms with E-state index in [0.29, 0.717) is 5.75 Å². The van der Waals surface area contributed by atoms with Crippen LogP contribution in [0.1, 0.15) is 11.1 Å². The van der Waals surface area contributed by atoms with E-state index in [1.807, 2.05) is 32.0 Å². The average molecular weight is 370 g/mol. The van der Waals surface area contributed by atoms with Crippen molar-refractivity contribution in [2.24, 2.45) is 0 Å². The number of benzene rings is 2. The third-order valence-corrected chi connectivity index (χ3v) is 5.39. The van der Waals surface area contributed by atoms with Crippen molar-refractivity contribution in [3.05, 3.63) is 52.5 Å². The number of hydrogen-bond donors (Lipinski definition) is 1. The summed E-state index contributed by atoms with van der Waals surface area (Å²) in [5.41, 5.74) is 2.17.